The number of carbonyl (C=O) groups excluding carboxylic acids is 1. The van der Waals surface area contributed by atoms with Gasteiger partial charge in [-0.25, -0.2) is 0 Å². The van der Waals surface area contributed by atoms with Crippen molar-refractivity contribution >= 4 is 22.6 Å². The van der Waals surface area contributed by atoms with E-state index in [1.807, 2.05) is 32.0 Å². The normalized spacial score (nSPS) is 16.1. The number of nitrogens with zero attached hydrogens (tertiary/aromatic N) is 2. The number of benzene rings is 2. The number of fused-ring (bicyclic) bond motifs is 1. The molecule has 5 nitrogen and oxygen atoms in total. The smallest absolute Gasteiger partial charge is 0.290 e. The molecule has 31 heavy (non-hydrogen) atoms. The first kappa shape index (κ1) is 21.4. The molecule has 1 atom stereocenters. The van der Waals surface area contributed by atoms with Gasteiger partial charge in [-0.1, -0.05) is 12.1 Å². The summed E-state index contributed by atoms with van der Waals surface area (Å²) in [6.45, 7) is 8.00. The fourth-order valence-corrected chi connectivity index (χ4v) is 4.20. The molecule has 0 radical (unpaired) electrons. The summed E-state index contributed by atoms with van der Waals surface area (Å²) < 4.78 is 11.9. The van der Waals surface area contributed by atoms with Gasteiger partial charge in [0.05, 0.1) is 6.10 Å². The molecule has 5 heteroatoms. The van der Waals surface area contributed by atoms with Crippen molar-refractivity contribution in [3.63, 3.8) is 0 Å². The molecule has 1 aliphatic rings. The van der Waals surface area contributed by atoms with Crippen molar-refractivity contribution in [1.29, 1.82) is 0 Å². The lowest BCUT2D eigenvalue weighted by atomic mass is 10.0. The van der Waals surface area contributed by atoms with Gasteiger partial charge in [0.15, 0.2) is 5.76 Å². The van der Waals surface area contributed by atoms with E-state index in [1.165, 1.54) is 5.56 Å². The quantitative estimate of drug-likeness (QED) is 0.547. The van der Waals surface area contributed by atoms with Crippen LogP contribution in [0.4, 0.5) is 5.69 Å². The lowest BCUT2D eigenvalue weighted by molar-refractivity contribution is 0.0485. The van der Waals surface area contributed by atoms with E-state index in [4.69, 9.17) is 9.15 Å². The van der Waals surface area contributed by atoms with Crippen LogP contribution < -0.4 is 4.90 Å². The van der Waals surface area contributed by atoms with Gasteiger partial charge in [-0.15, -0.1) is 0 Å². The Morgan fingerprint density at radius 1 is 1.06 bits per heavy atom. The number of rotatable bonds is 6. The molecular formula is C26H32N2O3. The molecule has 0 saturated carbocycles. The molecule has 1 fully saturated rings. The molecule has 3 aromatic rings. The van der Waals surface area contributed by atoms with Crippen LogP contribution in [0.1, 0.15) is 45.7 Å². The highest BCUT2D eigenvalue weighted by Crippen LogP contribution is 2.29. The minimum absolute atomic E-state index is 0.0730. The summed E-state index contributed by atoms with van der Waals surface area (Å²) in [5, 5.41) is 1.01. The van der Waals surface area contributed by atoms with Gasteiger partial charge in [-0.05, 0) is 74.6 Å². The fourth-order valence-electron chi connectivity index (χ4n) is 4.20. The Labute approximate surface area is 184 Å². The maximum absolute atomic E-state index is 13.6. The zero-order valence-corrected chi connectivity index (χ0v) is 19.2. The summed E-state index contributed by atoms with van der Waals surface area (Å²) in [6.07, 6.45) is 2.12. The number of furan rings is 1. The van der Waals surface area contributed by atoms with Crippen LogP contribution in [0.5, 0.6) is 0 Å². The molecule has 0 bridgehead atoms. The molecule has 1 aliphatic heterocycles. The highest BCUT2D eigenvalue weighted by molar-refractivity contribution is 5.99. The number of aryl methyl sites for hydroxylation is 3. The summed E-state index contributed by atoms with van der Waals surface area (Å²) >= 11 is 0. The molecule has 1 saturated heterocycles. The van der Waals surface area contributed by atoms with E-state index < -0.39 is 0 Å². The predicted molar refractivity (Wildman–Crippen MR) is 125 cm³/mol. The summed E-state index contributed by atoms with van der Waals surface area (Å²) in [4.78, 5) is 17.6. The monoisotopic (exact) mass is 420 g/mol. The highest BCUT2D eigenvalue weighted by atomic mass is 16.5. The summed E-state index contributed by atoms with van der Waals surface area (Å²) in [7, 11) is 4.05. The lowest BCUT2D eigenvalue weighted by Gasteiger charge is -2.25. The molecular weight excluding hydrogens is 388 g/mol. The molecule has 2 heterocycles. The van der Waals surface area contributed by atoms with E-state index in [2.05, 4.69) is 49.1 Å². The molecule has 4 rings (SSSR count). The fraction of sp³-hybridized carbons (Fsp3) is 0.423. The molecule has 0 aliphatic carbocycles. The van der Waals surface area contributed by atoms with Crippen LogP contribution in [-0.4, -0.2) is 44.2 Å². The van der Waals surface area contributed by atoms with E-state index in [1.54, 1.807) is 0 Å². The van der Waals surface area contributed by atoms with Gasteiger partial charge in [0.1, 0.15) is 5.58 Å². The Hall–Kier alpha value is -2.79. The number of amides is 1. The van der Waals surface area contributed by atoms with Crippen LogP contribution >= 0.6 is 0 Å². The van der Waals surface area contributed by atoms with Crippen molar-refractivity contribution in [2.24, 2.45) is 0 Å². The molecule has 0 spiro atoms. The van der Waals surface area contributed by atoms with Crippen molar-refractivity contribution in [2.45, 2.75) is 46.3 Å². The van der Waals surface area contributed by atoms with Crippen LogP contribution in [0.2, 0.25) is 0 Å². The van der Waals surface area contributed by atoms with Crippen molar-refractivity contribution in [2.75, 3.05) is 32.1 Å². The van der Waals surface area contributed by atoms with Crippen LogP contribution in [0.3, 0.4) is 0 Å². The van der Waals surface area contributed by atoms with Gasteiger partial charge < -0.3 is 19.0 Å². The minimum Gasteiger partial charge on any atom is -0.451 e. The molecule has 164 valence electrons. The van der Waals surface area contributed by atoms with E-state index in [-0.39, 0.29) is 12.0 Å². The predicted octanol–water partition coefficient (Wildman–Crippen LogP) is 5.25. The largest absolute Gasteiger partial charge is 0.451 e. The first-order valence-corrected chi connectivity index (χ1v) is 11.0. The van der Waals surface area contributed by atoms with Gasteiger partial charge in [0.25, 0.3) is 5.91 Å². The standard InChI is InChI=1S/C26H32N2O3/c1-17-13-23-19(3)25(31-24(23)14-18(17)2)26(29)28(16-22-7-6-12-30-22)15-20-8-10-21(11-9-20)27(4)5/h8-11,13-14,22H,6-7,12,15-16H2,1-5H3/t22-/m0/s1. The summed E-state index contributed by atoms with van der Waals surface area (Å²) in [5.41, 5.74) is 6.28. The third-order valence-corrected chi connectivity index (χ3v) is 6.31. The van der Waals surface area contributed by atoms with Gasteiger partial charge in [-0.2, -0.15) is 0 Å². The number of anilines is 1. The third-order valence-electron chi connectivity index (χ3n) is 6.31. The maximum atomic E-state index is 13.6. The van der Waals surface area contributed by atoms with Crippen molar-refractivity contribution in [3.05, 3.63) is 64.4 Å². The number of ether oxygens (including phenoxy) is 1. The van der Waals surface area contributed by atoms with Crippen molar-refractivity contribution in [1.82, 2.24) is 4.90 Å². The van der Waals surface area contributed by atoms with Crippen molar-refractivity contribution < 1.29 is 13.9 Å². The van der Waals surface area contributed by atoms with Crippen molar-refractivity contribution in [3.8, 4) is 0 Å². The molecule has 1 amide bonds. The molecule has 0 N–H and O–H groups in total. The van der Waals surface area contributed by atoms with Crippen LogP contribution in [0.25, 0.3) is 11.0 Å². The van der Waals surface area contributed by atoms with E-state index in [0.29, 0.717) is 18.8 Å². The van der Waals surface area contributed by atoms with Gasteiger partial charge >= 0.3 is 0 Å². The SMILES string of the molecule is Cc1cc2oc(C(=O)N(Cc3ccc(N(C)C)cc3)C[C@@H]3CCCO3)c(C)c2cc1C. The van der Waals surface area contributed by atoms with Gasteiger partial charge in [0.2, 0.25) is 0 Å². The Bertz CT molecular complexity index is 1080. The van der Waals surface area contributed by atoms with Crippen LogP contribution in [0, 0.1) is 20.8 Å². The number of hydrogen-bond acceptors (Lipinski definition) is 4. The molecule has 1 aromatic heterocycles. The van der Waals surface area contributed by atoms with E-state index >= 15 is 0 Å². The Morgan fingerprint density at radius 3 is 2.42 bits per heavy atom. The van der Waals surface area contributed by atoms with Gasteiger partial charge in [-0.3, -0.25) is 4.79 Å². The Balaban J connectivity index is 1.64. The highest BCUT2D eigenvalue weighted by Gasteiger charge is 2.27. The maximum Gasteiger partial charge on any atom is 0.290 e. The first-order valence-electron chi connectivity index (χ1n) is 11.0. The topological polar surface area (TPSA) is 45.9 Å². The van der Waals surface area contributed by atoms with E-state index in [9.17, 15) is 4.79 Å². The second-order valence-corrected chi connectivity index (χ2v) is 8.87. The zero-order valence-electron chi connectivity index (χ0n) is 19.2. The number of hydrogen-bond donors (Lipinski definition) is 0. The van der Waals surface area contributed by atoms with Crippen LogP contribution in [0.15, 0.2) is 40.8 Å². The Kier molecular flexibility index (Phi) is 6.05. The number of carbonyl (C=O) groups is 1. The van der Waals surface area contributed by atoms with Gasteiger partial charge in [0, 0.05) is 50.4 Å². The molecule has 2 aromatic carbocycles. The Morgan fingerprint density at radius 2 is 1.77 bits per heavy atom. The summed E-state index contributed by atoms with van der Waals surface area (Å²) in [6, 6.07) is 12.5. The average molecular weight is 421 g/mol. The molecule has 0 unspecified atom stereocenters. The van der Waals surface area contributed by atoms with Crippen LogP contribution in [-0.2, 0) is 11.3 Å². The lowest BCUT2D eigenvalue weighted by Crippen LogP contribution is -2.37. The minimum atomic E-state index is -0.0730. The zero-order chi connectivity index (χ0) is 22.1. The first-order chi connectivity index (χ1) is 14.8. The van der Waals surface area contributed by atoms with E-state index in [0.717, 1.165) is 52.8 Å². The summed E-state index contributed by atoms with van der Waals surface area (Å²) in [5.74, 6) is 0.360. The second-order valence-electron chi connectivity index (χ2n) is 8.87. The third kappa shape index (κ3) is 4.47. The second kappa shape index (κ2) is 8.75. The average Bonchev–Trinajstić information content (AvgIpc) is 3.36.